The van der Waals surface area contributed by atoms with Crippen molar-refractivity contribution in [3.63, 3.8) is 0 Å². The van der Waals surface area contributed by atoms with Crippen LogP contribution in [0.15, 0.2) is 18.5 Å². The maximum Gasteiger partial charge on any atom is 0.169 e. The van der Waals surface area contributed by atoms with Gasteiger partial charge in [0.05, 0.1) is 5.88 Å². The van der Waals surface area contributed by atoms with Crippen molar-refractivity contribution in [2.24, 2.45) is 0 Å². The second kappa shape index (κ2) is 5.67. The second-order valence-corrected chi connectivity index (χ2v) is 7.81. The Labute approximate surface area is 117 Å². The zero-order chi connectivity index (χ0) is 13.2. The monoisotopic (exact) mass is 306 g/mol. The van der Waals surface area contributed by atoms with Gasteiger partial charge in [-0.3, -0.25) is 4.98 Å². The molecule has 4 nitrogen and oxygen atoms in total. The van der Waals surface area contributed by atoms with Crippen molar-refractivity contribution < 1.29 is 8.42 Å². The van der Waals surface area contributed by atoms with Crippen molar-refractivity contribution >= 4 is 38.9 Å². The summed E-state index contributed by atoms with van der Waals surface area (Å²) in [5.41, 5.74) is 1.76. The number of rotatable bonds is 3. The van der Waals surface area contributed by atoms with Crippen molar-refractivity contribution in [3.05, 3.63) is 24.0 Å². The van der Waals surface area contributed by atoms with E-state index in [-0.39, 0.29) is 0 Å². The molecule has 1 fully saturated rings. The van der Waals surface area contributed by atoms with Crippen LogP contribution in [0.1, 0.15) is 5.56 Å². The number of pyridine rings is 1. The summed E-state index contributed by atoms with van der Waals surface area (Å²) >= 11 is 7.56. The molecule has 1 unspecified atom stereocenters. The summed E-state index contributed by atoms with van der Waals surface area (Å²) in [5.74, 6) is 1.86. The van der Waals surface area contributed by atoms with E-state index in [1.165, 1.54) is 6.26 Å². The fraction of sp³-hybridized carbons (Fsp3) is 0.545. The van der Waals surface area contributed by atoms with Crippen molar-refractivity contribution in [3.8, 4) is 0 Å². The highest BCUT2D eigenvalue weighted by Gasteiger charge is 2.32. The summed E-state index contributed by atoms with van der Waals surface area (Å²) in [4.78, 5) is 5.97. The average Bonchev–Trinajstić information content (AvgIpc) is 2.37. The molecule has 0 spiro atoms. The van der Waals surface area contributed by atoms with Crippen LogP contribution in [0.5, 0.6) is 0 Å². The molecule has 1 saturated heterocycles. The van der Waals surface area contributed by atoms with Gasteiger partial charge in [-0.1, -0.05) is 0 Å². The van der Waals surface area contributed by atoms with Crippen LogP contribution in [0.3, 0.4) is 0 Å². The Hall–Kier alpha value is -0.460. The third-order valence-corrected chi connectivity index (χ3v) is 5.84. The van der Waals surface area contributed by atoms with Crippen molar-refractivity contribution in [1.82, 2.24) is 4.98 Å². The minimum atomic E-state index is -3.11. The molecular weight excluding hydrogens is 292 g/mol. The number of hydrogen-bond donors (Lipinski definition) is 0. The lowest BCUT2D eigenvalue weighted by atomic mass is 10.2. The first-order valence-electron chi connectivity index (χ1n) is 5.56. The molecule has 0 aromatic carbocycles. The van der Waals surface area contributed by atoms with Crippen LogP contribution < -0.4 is 4.90 Å². The van der Waals surface area contributed by atoms with Gasteiger partial charge in [0.2, 0.25) is 0 Å². The molecule has 7 heteroatoms. The first-order chi connectivity index (χ1) is 8.54. The Morgan fingerprint density at radius 1 is 1.61 bits per heavy atom. The average molecular weight is 307 g/mol. The second-order valence-electron chi connectivity index (χ2n) is 4.19. The van der Waals surface area contributed by atoms with Gasteiger partial charge in [0.25, 0.3) is 0 Å². The van der Waals surface area contributed by atoms with Gasteiger partial charge in [-0.05, 0) is 6.07 Å². The van der Waals surface area contributed by atoms with E-state index in [2.05, 4.69) is 4.98 Å². The van der Waals surface area contributed by atoms with Crippen molar-refractivity contribution in [2.45, 2.75) is 11.3 Å². The van der Waals surface area contributed by atoms with Crippen molar-refractivity contribution in [2.75, 3.05) is 29.2 Å². The van der Waals surface area contributed by atoms with Gasteiger partial charge in [-0.15, -0.1) is 11.6 Å². The first kappa shape index (κ1) is 14.0. The molecule has 1 aliphatic heterocycles. The molecule has 2 rings (SSSR count). The first-order valence-corrected chi connectivity index (χ1v) is 9.20. The predicted octanol–water partition coefficient (Wildman–Crippen LogP) is 1.74. The molecule has 1 atom stereocenters. The fourth-order valence-electron chi connectivity index (χ4n) is 2.01. The lowest BCUT2D eigenvalue weighted by Crippen LogP contribution is -2.47. The molecular formula is C11H15ClN2O2S2. The number of hydrogen-bond acceptors (Lipinski definition) is 5. The fourth-order valence-corrected chi connectivity index (χ4v) is 5.05. The van der Waals surface area contributed by atoms with Crippen LogP contribution in [-0.4, -0.2) is 43.1 Å². The summed E-state index contributed by atoms with van der Waals surface area (Å²) < 4.78 is 23.7. The minimum Gasteiger partial charge on any atom is -0.353 e. The minimum absolute atomic E-state index is 0.337. The lowest BCUT2D eigenvalue weighted by molar-refractivity contribution is 0.584. The molecule has 0 radical (unpaired) electrons. The van der Waals surface area contributed by atoms with E-state index in [1.807, 2.05) is 11.0 Å². The Kier molecular flexibility index (Phi) is 4.40. The van der Waals surface area contributed by atoms with Crippen LogP contribution in [0, 0.1) is 0 Å². The Balaban J connectivity index is 2.40. The predicted molar refractivity (Wildman–Crippen MR) is 77.1 cm³/mol. The van der Waals surface area contributed by atoms with Gasteiger partial charge < -0.3 is 4.90 Å². The van der Waals surface area contributed by atoms with E-state index < -0.39 is 15.2 Å². The Morgan fingerprint density at radius 3 is 3.06 bits per heavy atom. The molecule has 1 aromatic rings. The number of nitrogens with zero attached hydrogens (tertiary/aromatic N) is 2. The van der Waals surface area contributed by atoms with Gasteiger partial charge in [0, 0.05) is 48.0 Å². The summed E-state index contributed by atoms with van der Waals surface area (Å²) in [5, 5.41) is -0.472. The zero-order valence-corrected chi connectivity index (χ0v) is 12.4. The Bertz CT molecular complexity index is 522. The zero-order valence-electron chi connectivity index (χ0n) is 10.0. The van der Waals surface area contributed by atoms with E-state index in [0.717, 1.165) is 23.5 Å². The molecule has 0 aliphatic carbocycles. The maximum atomic E-state index is 11.9. The topological polar surface area (TPSA) is 50.3 Å². The van der Waals surface area contributed by atoms with Gasteiger partial charge in [-0.2, -0.15) is 11.8 Å². The van der Waals surface area contributed by atoms with Crippen molar-refractivity contribution in [1.29, 1.82) is 0 Å². The Morgan fingerprint density at radius 2 is 2.39 bits per heavy atom. The summed E-state index contributed by atoms with van der Waals surface area (Å²) in [6.45, 7) is 0.719. The quantitative estimate of drug-likeness (QED) is 0.796. The van der Waals surface area contributed by atoms with Gasteiger partial charge in [0.1, 0.15) is 5.37 Å². The molecule has 0 amide bonds. The number of aromatic nitrogens is 1. The standard InChI is InChI=1S/C11H15ClN2O2S2/c1-18(15,16)11-8-17-5-4-14(11)10-2-3-13-7-9(10)6-12/h2-3,7,11H,4-6,8H2,1H3. The molecule has 0 bridgehead atoms. The molecule has 0 saturated carbocycles. The molecule has 1 aromatic heterocycles. The molecule has 2 heterocycles. The van der Waals surface area contributed by atoms with E-state index >= 15 is 0 Å². The number of anilines is 1. The van der Waals surface area contributed by atoms with E-state index in [9.17, 15) is 8.42 Å². The highest BCUT2D eigenvalue weighted by molar-refractivity contribution is 8.01. The molecule has 18 heavy (non-hydrogen) atoms. The largest absolute Gasteiger partial charge is 0.353 e. The smallest absolute Gasteiger partial charge is 0.169 e. The molecule has 100 valence electrons. The highest BCUT2D eigenvalue weighted by atomic mass is 35.5. The third-order valence-electron chi connectivity index (χ3n) is 2.91. The molecule has 1 aliphatic rings. The normalized spacial score (nSPS) is 21.0. The maximum absolute atomic E-state index is 11.9. The number of thioether (sulfide) groups is 1. The van der Waals surface area contributed by atoms with Crippen LogP contribution in [-0.2, 0) is 15.7 Å². The summed E-state index contributed by atoms with van der Waals surface area (Å²) in [6, 6.07) is 1.84. The van der Waals surface area contributed by atoms with Gasteiger partial charge >= 0.3 is 0 Å². The van der Waals surface area contributed by atoms with Crippen LogP contribution in [0.2, 0.25) is 0 Å². The van der Waals surface area contributed by atoms with E-state index in [1.54, 1.807) is 24.2 Å². The van der Waals surface area contributed by atoms with Crippen LogP contribution in [0.4, 0.5) is 5.69 Å². The summed E-state index contributed by atoms with van der Waals surface area (Å²) in [7, 11) is -3.11. The van der Waals surface area contributed by atoms with Gasteiger partial charge in [0.15, 0.2) is 9.84 Å². The van der Waals surface area contributed by atoms with E-state index in [4.69, 9.17) is 11.6 Å². The molecule has 0 N–H and O–H groups in total. The number of halogens is 1. The number of sulfone groups is 1. The van der Waals surface area contributed by atoms with Crippen LogP contribution >= 0.6 is 23.4 Å². The number of alkyl halides is 1. The van der Waals surface area contributed by atoms with Gasteiger partial charge in [-0.25, -0.2) is 8.42 Å². The SMILES string of the molecule is CS(=O)(=O)C1CSCCN1c1ccncc1CCl. The highest BCUT2D eigenvalue weighted by Crippen LogP contribution is 2.29. The van der Waals surface area contributed by atoms with Crippen LogP contribution in [0.25, 0.3) is 0 Å². The van der Waals surface area contributed by atoms with E-state index in [0.29, 0.717) is 11.6 Å². The third kappa shape index (κ3) is 2.92. The lowest BCUT2D eigenvalue weighted by Gasteiger charge is -2.36. The summed E-state index contributed by atoms with van der Waals surface area (Å²) in [6.07, 6.45) is 4.66.